The van der Waals surface area contributed by atoms with Gasteiger partial charge in [0.1, 0.15) is 6.29 Å². The van der Waals surface area contributed by atoms with Crippen LogP contribution in [0.4, 0.5) is 5.69 Å². The van der Waals surface area contributed by atoms with Gasteiger partial charge in [0.25, 0.3) is 0 Å². The lowest BCUT2D eigenvalue weighted by Crippen LogP contribution is -2.61. The first kappa shape index (κ1) is 18.5. The first-order valence-corrected chi connectivity index (χ1v) is 10.6. The Kier molecular flexibility index (Phi) is 3.54. The highest BCUT2D eigenvalue weighted by Gasteiger charge is 2.72. The molecule has 0 saturated carbocycles. The Morgan fingerprint density at radius 1 is 0.774 bits per heavy atom. The highest BCUT2D eigenvalue weighted by molar-refractivity contribution is 6.31. The second kappa shape index (κ2) is 5.92. The molecule has 1 aliphatic heterocycles. The SMILES string of the molecule is CC12c3ccccc3C(C=O)(c3ccccc31)[C@@H]1C(=O)N(c3ccc(Cl)cc3)C(=O)[C@@H]12. The maximum atomic E-state index is 13.9. The Bertz CT molecular complexity index is 1250. The molecule has 2 amide bonds. The number of nitrogens with zero attached hydrogens (tertiary/aromatic N) is 1. The van der Waals surface area contributed by atoms with E-state index >= 15 is 0 Å². The Morgan fingerprint density at radius 3 is 1.77 bits per heavy atom. The van der Waals surface area contributed by atoms with Crippen LogP contribution < -0.4 is 4.90 Å². The van der Waals surface area contributed by atoms with E-state index in [0.717, 1.165) is 28.5 Å². The van der Waals surface area contributed by atoms with Crippen LogP contribution in [0, 0.1) is 11.8 Å². The summed E-state index contributed by atoms with van der Waals surface area (Å²) in [6.45, 7) is 2.03. The zero-order valence-corrected chi connectivity index (χ0v) is 17.5. The largest absolute Gasteiger partial charge is 0.302 e. The Balaban J connectivity index is 1.69. The Hall–Kier alpha value is -3.24. The number of rotatable bonds is 2. The fraction of sp³-hybridized carbons (Fsp3) is 0.192. The molecule has 5 heteroatoms. The van der Waals surface area contributed by atoms with Gasteiger partial charge in [0.05, 0.1) is 22.9 Å². The fourth-order valence-corrected chi connectivity index (χ4v) is 6.43. The number of imide groups is 1. The van der Waals surface area contributed by atoms with Gasteiger partial charge in [0, 0.05) is 10.4 Å². The molecule has 0 spiro atoms. The van der Waals surface area contributed by atoms with Crippen molar-refractivity contribution in [1.82, 2.24) is 0 Å². The summed E-state index contributed by atoms with van der Waals surface area (Å²) in [6, 6.07) is 22.1. The molecule has 0 aromatic heterocycles. The van der Waals surface area contributed by atoms with E-state index in [2.05, 4.69) is 0 Å². The van der Waals surface area contributed by atoms with Crippen molar-refractivity contribution in [3.8, 4) is 0 Å². The van der Waals surface area contributed by atoms with Crippen LogP contribution in [0.2, 0.25) is 5.02 Å². The van der Waals surface area contributed by atoms with Crippen molar-refractivity contribution in [3.63, 3.8) is 0 Å². The minimum absolute atomic E-state index is 0.268. The number of amides is 2. The summed E-state index contributed by atoms with van der Waals surface area (Å²) in [4.78, 5) is 41.9. The third-order valence-corrected chi connectivity index (χ3v) is 7.81. The first-order valence-electron chi connectivity index (χ1n) is 10.3. The number of hydrogen-bond acceptors (Lipinski definition) is 3. The second-order valence-corrected chi connectivity index (χ2v) is 9.16. The molecule has 0 unspecified atom stereocenters. The van der Waals surface area contributed by atoms with Gasteiger partial charge >= 0.3 is 0 Å². The van der Waals surface area contributed by atoms with Crippen LogP contribution in [0.15, 0.2) is 72.8 Å². The lowest BCUT2D eigenvalue weighted by molar-refractivity contribution is -0.129. The lowest BCUT2D eigenvalue weighted by Gasteiger charge is -2.56. The van der Waals surface area contributed by atoms with Crippen LogP contribution in [-0.4, -0.2) is 18.1 Å². The van der Waals surface area contributed by atoms with Crippen LogP contribution >= 0.6 is 11.6 Å². The van der Waals surface area contributed by atoms with E-state index in [1.807, 2.05) is 55.5 Å². The molecule has 4 nitrogen and oxygen atoms in total. The molecule has 2 atom stereocenters. The number of carbonyl (C=O) groups is 3. The molecular formula is C26H18ClNO3. The van der Waals surface area contributed by atoms with Gasteiger partial charge in [-0.1, -0.05) is 67.1 Å². The average Bonchev–Trinajstić information content (AvgIpc) is 3.07. The van der Waals surface area contributed by atoms with Crippen molar-refractivity contribution in [2.24, 2.45) is 11.8 Å². The number of aldehydes is 1. The highest BCUT2D eigenvalue weighted by atomic mass is 35.5. The third-order valence-electron chi connectivity index (χ3n) is 7.55. The molecule has 7 rings (SSSR count). The zero-order chi connectivity index (χ0) is 21.5. The summed E-state index contributed by atoms with van der Waals surface area (Å²) in [6.07, 6.45) is 0.887. The van der Waals surface area contributed by atoms with Crippen LogP contribution in [0.3, 0.4) is 0 Å². The quantitative estimate of drug-likeness (QED) is 0.453. The summed E-state index contributed by atoms with van der Waals surface area (Å²) in [5.74, 6) is -2.05. The summed E-state index contributed by atoms with van der Waals surface area (Å²) in [5, 5.41) is 0.525. The maximum absolute atomic E-state index is 13.9. The number of carbonyl (C=O) groups excluding carboxylic acids is 3. The summed E-state index contributed by atoms with van der Waals surface area (Å²) in [5.41, 5.74) is 2.12. The standard InChI is InChI=1S/C26H18ClNO3/c1-25-17-6-2-4-8-19(17)26(14-29,20-9-5-3-7-18(20)25)22-21(25)23(30)28(24(22)31)16-12-10-15(27)11-13-16/h2-14,21-22H,1H3/t21-,22+,25?,26?/m1/s1. The van der Waals surface area contributed by atoms with Crippen LogP contribution in [0.5, 0.6) is 0 Å². The van der Waals surface area contributed by atoms with Crippen molar-refractivity contribution in [1.29, 1.82) is 0 Å². The molecule has 152 valence electrons. The van der Waals surface area contributed by atoms with E-state index < -0.39 is 22.7 Å². The smallest absolute Gasteiger partial charge is 0.239 e. The molecule has 1 saturated heterocycles. The molecule has 0 N–H and O–H groups in total. The Labute approximate surface area is 184 Å². The van der Waals surface area contributed by atoms with E-state index in [9.17, 15) is 14.4 Å². The first-order chi connectivity index (χ1) is 15.0. The van der Waals surface area contributed by atoms with E-state index in [1.165, 1.54) is 4.90 Å². The van der Waals surface area contributed by atoms with Crippen LogP contribution in [0.25, 0.3) is 0 Å². The molecule has 1 heterocycles. The second-order valence-electron chi connectivity index (χ2n) is 8.72. The average molecular weight is 428 g/mol. The summed E-state index contributed by atoms with van der Waals surface area (Å²) in [7, 11) is 0. The number of benzene rings is 3. The number of halogens is 1. The van der Waals surface area contributed by atoms with Gasteiger partial charge in [-0.2, -0.15) is 0 Å². The molecule has 1 fully saturated rings. The predicted molar refractivity (Wildman–Crippen MR) is 117 cm³/mol. The van der Waals surface area contributed by atoms with E-state index in [4.69, 9.17) is 11.6 Å². The van der Waals surface area contributed by atoms with Gasteiger partial charge in [-0.25, -0.2) is 4.90 Å². The van der Waals surface area contributed by atoms with Crippen molar-refractivity contribution in [3.05, 3.63) is 100 Å². The summed E-state index contributed by atoms with van der Waals surface area (Å²) < 4.78 is 0. The van der Waals surface area contributed by atoms with Crippen LogP contribution in [0.1, 0.15) is 29.2 Å². The molecule has 31 heavy (non-hydrogen) atoms. The van der Waals surface area contributed by atoms with Crippen LogP contribution in [-0.2, 0) is 25.2 Å². The minimum Gasteiger partial charge on any atom is -0.302 e. The fourth-order valence-electron chi connectivity index (χ4n) is 6.31. The topological polar surface area (TPSA) is 54.5 Å². The monoisotopic (exact) mass is 427 g/mol. The molecule has 3 aliphatic carbocycles. The van der Waals surface area contributed by atoms with Gasteiger partial charge in [-0.05, 0) is 46.5 Å². The van der Waals surface area contributed by atoms with Crippen molar-refractivity contribution >= 4 is 35.4 Å². The number of anilines is 1. The molecular weight excluding hydrogens is 410 g/mol. The predicted octanol–water partition coefficient (Wildman–Crippen LogP) is 4.26. The van der Waals surface area contributed by atoms with E-state index in [-0.39, 0.29) is 11.8 Å². The molecule has 4 aliphatic rings. The van der Waals surface area contributed by atoms with Gasteiger partial charge in [0.15, 0.2) is 0 Å². The highest BCUT2D eigenvalue weighted by Crippen LogP contribution is 2.66. The normalized spacial score (nSPS) is 30.1. The van der Waals surface area contributed by atoms with E-state index in [1.54, 1.807) is 24.3 Å². The third kappa shape index (κ3) is 1.95. The van der Waals surface area contributed by atoms with Crippen molar-refractivity contribution in [2.45, 2.75) is 17.8 Å². The van der Waals surface area contributed by atoms with Crippen molar-refractivity contribution < 1.29 is 14.4 Å². The van der Waals surface area contributed by atoms with Gasteiger partial charge in [-0.15, -0.1) is 0 Å². The van der Waals surface area contributed by atoms with Gasteiger partial charge in [-0.3, -0.25) is 9.59 Å². The number of hydrogen-bond donors (Lipinski definition) is 0. The summed E-state index contributed by atoms with van der Waals surface area (Å²) >= 11 is 6.02. The van der Waals surface area contributed by atoms with Crippen molar-refractivity contribution in [2.75, 3.05) is 4.90 Å². The van der Waals surface area contributed by atoms with E-state index in [0.29, 0.717) is 10.7 Å². The molecule has 0 radical (unpaired) electrons. The maximum Gasteiger partial charge on any atom is 0.239 e. The molecule has 3 aromatic carbocycles. The van der Waals surface area contributed by atoms with Gasteiger partial charge in [0.2, 0.25) is 11.8 Å². The molecule has 3 aromatic rings. The minimum atomic E-state index is -1.19. The lowest BCUT2D eigenvalue weighted by atomic mass is 9.42. The molecule has 2 bridgehead atoms. The van der Waals surface area contributed by atoms with Gasteiger partial charge < -0.3 is 4.79 Å². The zero-order valence-electron chi connectivity index (χ0n) is 16.7. The Morgan fingerprint density at radius 2 is 1.26 bits per heavy atom.